The first kappa shape index (κ1) is 12.9. The molecule has 94 valence electrons. The summed E-state index contributed by atoms with van der Waals surface area (Å²) in [4.78, 5) is 0. The van der Waals surface area contributed by atoms with Crippen LogP contribution >= 0.6 is 11.6 Å². The second-order valence-corrected chi connectivity index (χ2v) is 4.83. The predicted octanol–water partition coefficient (Wildman–Crippen LogP) is 4.71. The number of halogens is 2. The van der Waals surface area contributed by atoms with E-state index in [0.717, 1.165) is 11.3 Å². The minimum Gasteiger partial charge on any atom is -0.381 e. The van der Waals surface area contributed by atoms with Crippen LogP contribution in [0.25, 0.3) is 0 Å². The SMILES string of the molecule is Cc1ccc(NCc2ccc(F)c(Cl)c2)c(C)c1. The molecule has 1 nitrogen and oxygen atoms in total. The van der Waals surface area contributed by atoms with Crippen LogP contribution in [0.1, 0.15) is 16.7 Å². The predicted molar refractivity (Wildman–Crippen MR) is 74.7 cm³/mol. The van der Waals surface area contributed by atoms with Crippen molar-refractivity contribution in [3.8, 4) is 0 Å². The first-order valence-corrected chi connectivity index (χ1v) is 6.19. The number of benzene rings is 2. The van der Waals surface area contributed by atoms with Gasteiger partial charge in [0.2, 0.25) is 0 Å². The fraction of sp³-hybridized carbons (Fsp3) is 0.200. The number of anilines is 1. The molecule has 0 spiro atoms. The summed E-state index contributed by atoms with van der Waals surface area (Å²) < 4.78 is 13.0. The van der Waals surface area contributed by atoms with Gasteiger partial charge in [-0.2, -0.15) is 0 Å². The first-order valence-electron chi connectivity index (χ1n) is 5.81. The topological polar surface area (TPSA) is 12.0 Å². The Kier molecular flexibility index (Phi) is 3.87. The van der Waals surface area contributed by atoms with E-state index in [4.69, 9.17) is 11.6 Å². The van der Waals surface area contributed by atoms with E-state index in [1.54, 1.807) is 12.1 Å². The van der Waals surface area contributed by atoms with Gasteiger partial charge in [0.15, 0.2) is 0 Å². The molecule has 0 radical (unpaired) electrons. The molecule has 0 aliphatic heterocycles. The fourth-order valence-electron chi connectivity index (χ4n) is 1.86. The third-order valence-corrected chi connectivity index (χ3v) is 3.14. The monoisotopic (exact) mass is 263 g/mol. The highest BCUT2D eigenvalue weighted by Crippen LogP contribution is 2.19. The number of hydrogen-bond acceptors (Lipinski definition) is 1. The Morgan fingerprint density at radius 1 is 1.11 bits per heavy atom. The molecule has 0 saturated carbocycles. The third-order valence-electron chi connectivity index (χ3n) is 2.85. The van der Waals surface area contributed by atoms with Gasteiger partial charge in [0, 0.05) is 12.2 Å². The van der Waals surface area contributed by atoms with Crippen LogP contribution < -0.4 is 5.32 Å². The van der Waals surface area contributed by atoms with Crippen molar-refractivity contribution < 1.29 is 4.39 Å². The molecule has 0 aliphatic carbocycles. The summed E-state index contributed by atoms with van der Waals surface area (Å²) in [6, 6.07) is 11.0. The van der Waals surface area contributed by atoms with Gasteiger partial charge >= 0.3 is 0 Å². The van der Waals surface area contributed by atoms with Crippen LogP contribution in [0.2, 0.25) is 5.02 Å². The highest BCUT2D eigenvalue weighted by atomic mass is 35.5. The standard InChI is InChI=1S/C15H15ClFN/c1-10-3-6-15(11(2)7-10)18-9-12-4-5-14(17)13(16)8-12/h3-8,18H,9H2,1-2H3. The molecule has 2 rings (SSSR count). The first-order chi connectivity index (χ1) is 8.56. The van der Waals surface area contributed by atoms with Crippen LogP contribution in [0.3, 0.4) is 0 Å². The van der Waals surface area contributed by atoms with Crippen molar-refractivity contribution in [1.82, 2.24) is 0 Å². The van der Waals surface area contributed by atoms with Crippen LogP contribution in [0.4, 0.5) is 10.1 Å². The number of rotatable bonds is 3. The van der Waals surface area contributed by atoms with E-state index >= 15 is 0 Å². The molecule has 0 amide bonds. The zero-order valence-electron chi connectivity index (χ0n) is 10.4. The van der Waals surface area contributed by atoms with E-state index in [1.165, 1.54) is 17.2 Å². The average Bonchev–Trinajstić information content (AvgIpc) is 2.32. The number of aryl methyl sites for hydroxylation is 2. The van der Waals surface area contributed by atoms with Crippen LogP contribution in [0.15, 0.2) is 36.4 Å². The van der Waals surface area contributed by atoms with Crippen molar-refractivity contribution in [3.63, 3.8) is 0 Å². The van der Waals surface area contributed by atoms with E-state index in [2.05, 4.69) is 37.4 Å². The lowest BCUT2D eigenvalue weighted by molar-refractivity contribution is 0.627. The summed E-state index contributed by atoms with van der Waals surface area (Å²) >= 11 is 5.74. The summed E-state index contributed by atoms with van der Waals surface area (Å²) in [5.41, 5.74) is 4.48. The van der Waals surface area contributed by atoms with Crippen molar-refractivity contribution in [1.29, 1.82) is 0 Å². The maximum absolute atomic E-state index is 13.0. The van der Waals surface area contributed by atoms with Crippen molar-refractivity contribution in [3.05, 3.63) is 63.9 Å². The lowest BCUT2D eigenvalue weighted by Gasteiger charge is -2.10. The van der Waals surface area contributed by atoms with E-state index in [9.17, 15) is 4.39 Å². The zero-order chi connectivity index (χ0) is 13.1. The number of hydrogen-bond donors (Lipinski definition) is 1. The molecule has 0 atom stereocenters. The molecule has 0 aliphatic rings. The van der Waals surface area contributed by atoms with Gasteiger partial charge in [-0.15, -0.1) is 0 Å². The molecular weight excluding hydrogens is 249 g/mol. The Hall–Kier alpha value is -1.54. The molecule has 3 heteroatoms. The van der Waals surface area contributed by atoms with E-state index in [0.29, 0.717) is 6.54 Å². The second-order valence-electron chi connectivity index (χ2n) is 4.42. The molecule has 0 fully saturated rings. The Morgan fingerprint density at radius 2 is 1.89 bits per heavy atom. The zero-order valence-corrected chi connectivity index (χ0v) is 11.2. The molecule has 0 bridgehead atoms. The lowest BCUT2D eigenvalue weighted by Crippen LogP contribution is -2.01. The smallest absolute Gasteiger partial charge is 0.141 e. The largest absolute Gasteiger partial charge is 0.381 e. The molecule has 0 aromatic heterocycles. The van der Waals surface area contributed by atoms with Crippen molar-refractivity contribution in [2.75, 3.05) is 5.32 Å². The van der Waals surface area contributed by atoms with Gasteiger partial charge in [-0.05, 0) is 43.2 Å². The van der Waals surface area contributed by atoms with Crippen LogP contribution in [0.5, 0.6) is 0 Å². The van der Waals surface area contributed by atoms with Gasteiger partial charge in [0.1, 0.15) is 5.82 Å². The van der Waals surface area contributed by atoms with Crippen molar-refractivity contribution in [2.24, 2.45) is 0 Å². The summed E-state index contributed by atoms with van der Waals surface area (Å²) in [5.74, 6) is -0.382. The second kappa shape index (κ2) is 5.40. The van der Waals surface area contributed by atoms with Crippen LogP contribution in [0, 0.1) is 19.7 Å². The quantitative estimate of drug-likeness (QED) is 0.846. The molecule has 0 unspecified atom stereocenters. The molecule has 18 heavy (non-hydrogen) atoms. The molecule has 2 aromatic carbocycles. The van der Waals surface area contributed by atoms with Crippen molar-refractivity contribution >= 4 is 17.3 Å². The summed E-state index contributed by atoms with van der Waals surface area (Å²) in [5, 5.41) is 3.48. The van der Waals surface area contributed by atoms with Gasteiger partial charge in [-0.1, -0.05) is 35.4 Å². The normalized spacial score (nSPS) is 10.4. The molecule has 0 saturated heterocycles. The van der Waals surface area contributed by atoms with Crippen molar-refractivity contribution in [2.45, 2.75) is 20.4 Å². The Bertz CT molecular complexity index is 566. The molecule has 2 aromatic rings. The average molecular weight is 264 g/mol. The van der Waals surface area contributed by atoms with Gasteiger partial charge < -0.3 is 5.32 Å². The molecule has 0 heterocycles. The van der Waals surface area contributed by atoms with E-state index in [1.807, 2.05) is 0 Å². The van der Waals surface area contributed by atoms with Gasteiger partial charge in [0.05, 0.1) is 5.02 Å². The van der Waals surface area contributed by atoms with Crippen LogP contribution in [-0.2, 0) is 6.54 Å². The Labute approximate surface area is 112 Å². The van der Waals surface area contributed by atoms with Gasteiger partial charge in [-0.25, -0.2) is 4.39 Å². The summed E-state index contributed by atoms with van der Waals surface area (Å²) in [7, 11) is 0. The van der Waals surface area contributed by atoms with E-state index in [-0.39, 0.29) is 10.8 Å². The van der Waals surface area contributed by atoms with Crippen LogP contribution in [-0.4, -0.2) is 0 Å². The third kappa shape index (κ3) is 3.02. The molecular formula is C15H15ClFN. The van der Waals surface area contributed by atoms with Gasteiger partial charge in [-0.3, -0.25) is 0 Å². The highest BCUT2D eigenvalue weighted by molar-refractivity contribution is 6.30. The minimum absolute atomic E-state index is 0.162. The maximum Gasteiger partial charge on any atom is 0.141 e. The Morgan fingerprint density at radius 3 is 2.56 bits per heavy atom. The Balaban J connectivity index is 2.09. The fourth-order valence-corrected chi connectivity index (χ4v) is 2.06. The number of nitrogens with one attached hydrogen (secondary N) is 1. The summed E-state index contributed by atoms with van der Waals surface area (Å²) in [6.45, 7) is 4.76. The van der Waals surface area contributed by atoms with Gasteiger partial charge in [0.25, 0.3) is 0 Å². The minimum atomic E-state index is -0.382. The lowest BCUT2D eigenvalue weighted by atomic mass is 10.1. The summed E-state index contributed by atoms with van der Waals surface area (Å²) in [6.07, 6.45) is 0. The maximum atomic E-state index is 13.0. The highest BCUT2D eigenvalue weighted by Gasteiger charge is 2.02. The molecule has 1 N–H and O–H groups in total. The van der Waals surface area contributed by atoms with E-state index < -0.39 is 0 Å².